The highest BCUT2D eigenvalue weighted by Crippen LogP contribution is 2.32. The normalized spacial score (nSPS) is 15.1. The molecular formula is C26H26ClN3O3S. The second-order valence-electron chi connectivity index (χ2n) is 8.87. The molecule has 1 N–H and O–H groups in total. The number of ether oxygens (including phenoxy) is 1. The van der Waals surface area contributed by atoms with Crippen molar-refractivity contribution >= 4 is 34.8 Å². The lowest BCUT2D eigenvalue weighted by molar-refractivity contribution is 0.0733. The van der Waals surface area contributed by atoms with E-state index in [1.165, 1.54) is 11.3 Å². The Morgan fingerprint density at radius 3 is 2.44 bits per heavy atom. The van der Waals surface area contributed by atoms with Crippen LogP contribution >= 0.6 is 22.9 Å². The summed E-state index contributed by atoms with van der Waals surface area (Å²) in [7, 11) is 0. The number of nitrogens with one attached hydrogen (secondary N) is 1. The topological polar surface area (TPSA) is 71.5 Å². The fourth-order valence-corrected chi connectivity index (χ4v) is 4.79. The highest BCUT2D eigenvalue weighted by molar-refractivity contribution is 7.13. The Kier molecular flexibility index (Phi) is 6.57. The van der Waals surface area contributed by atoms with E-state index in [4.69, 9.17) is 16.3 Å². The molecule has 6 nitrogen and oxygen atoms in total. The molecule has 2 aliphatic carbocycles. The van der Waals surface area contributed by atoms with Crippen molar-refractivity contribution < 1.29 is 14.3 Å². The summed E-state index contributed by atoms with van der Waals surface area (Å²) in [5.41, 5.74) is 2.39. The first-order valence-electron chi connectivity index (χ1n) is 11.5. The van der Waals surface area contributed by atoms with E-state index in [1.807, 2.05) is 48.2 Å². The maximum Gasteiger partial charge on any atom is 0.266 e. The molecule has 0 unspecified atom stereocenters. The first-order valence-corrected chi connectivity index (χ1v) is 12.7. The molecule has 0 radical (unpaired) electrons. The maximum absolute atomic E-state index is 13.5. The number of hydrogen-bond acceptors (Lipinski definition) is 5. The van der Waals surface area contributed by atoms with Crippen LogP contribution in [0.1, 0.15) is 62.0 Å². The van der Waals surface area contributed by atoms with Gasteiger partial charge < -0.3 is 15.0 Å². The number of nitrogens with zero attached hydrogens (tertiary/aromatic N) is 2. The summed E-state index contributed by atoms with van der Waals surface area (Å²) in [5, 5.41) is 4.42. The van der Waals surface area contributed by atoms with E-state index in [2.05, 4.69) is 10.3 Å². The first kappa shape index (κ1) is 22.9. The fourth-order valence-electron chi connectivity index (χ4n) is 3.73. The minimum Gasteiger partial charge on any atom is -0.486 e. The Bertz CT molecular complexity index is 1190. The molecule has 176 valence electrons. The number of benzene rings is 2. The number of rotatable bonds is 9. The fraction of sp³-hybridized carbons (Fsp3) is 0.346. The van der Waals surface area contributed by atoms with Gasteiger partial charge in [-0.1, -0.05) is 23.7 Å². The maximum atomic E-state index is 13.5. The van der Waals surface area contributed by atoms with Gasteiger partial charge in [0.05, 0.1) is 5.69 Å². The summed E-state index contributed by atoms with van der Waals surface area (Å²) in [5.74, 6) is 0.683. The SMILES string of the molecule is Cc1nc(COc2ccc(Cl)cc2)sc1C(=O)N(Cc1ccc(C(=O)NC2CC2)cc1)C1CC1. The van der Waals surface area contributed by atoms with Gasteiger partial charge in [-0.15, -0.1) is 11.3 Å². The predicted octanol–water partition coefficient (Wildman–Crippen LogP) is 5.38. The molecule has 0 saturated heterocycles. The number of aromatic nitrogens is 1. The van der Waals surface area contributed by atoms with Gasteiger partial charge in [0.15, 0.2) is 0 Å². The van der Waals surface area contributed by atoms with Crippen LogP contribution in [0.25, 0.3) is 0 Å². The molecule has 0 bridgehead atoms. The molecular weight excluding hydrogens is 470 g/mol. The summed E-state index contributed by atoms with van der Waals surface area (Å²) in [4.78, 5) is 32.9. The van der Waals surface area contributed by atoms with E-state index in [9.17, 15) is 9.59 Å². The van der Waals surface area contributed by atoms with E-state index in [-0.39, 0.29) is 17.9 Å². The van der Waals surface area contributed by atoms with E-state index >= 15 is 0 Å². The number of aryl methyl sites for hydroxylation is 1. The van der Waals surface area contributed by atoms with Crippen molar-refractivity contribution in [3.63, 3.8) is 0 Å². The zero-order valence-corrected chi connectivity index (χ0v) is 20.5. The van der Waals surface area contributed by atoms with Crippen LogP contribution in [0.2, 0.25) is 5.02 Å². The number of halogens is 1. The quantitative estimate of drug-likeness (QED) is 0.432. The molecule has 5 rings (SSSR count). The number of hydrogen-bond donors (Lipinski definition) is 1. The molecule has 2 amide bonds. The van der Waals surface area contributed by atoms with E-state index in [1.54, 1.807) is 12.1 Å². The number of carbonyl (C=O) groups is 2. The molecule has 3 aromatic rings. The van der Waals surface area contributed by atoms with Crippen molar-refractivity contribution in [2.24, 2.45) is 0 Å². The third kappa shape index (κ3) is 5.59. The lowest BCUT2D eigenvalue weighted by Gasteiger charge is -2.22. The van der Waals surface area contributed by atoms with Crippen LogP contribution in [0.3, 0.4) is 0 Å². The van der Waals surface area contributed by atoms with E-state index < -0.39 is 0 Å². The largest absolute Gasteiger partial charge is 0.486 e. The molecule has 0 atom stereocenters. The van der Waals surface area contributed by atoms with Gasteiger partial charge in [0.25, 0.3) is 11.8 Å². The standard InChI is InChI=1S/C26H26ClN3O3S/c1-16-24(34-23(28-16)15-33-22-12-6-19(27)7-13-22)26(32)30(21-10-11-21)14-17-2-4-18(5-3-17)25(31)29-20-8-9-20/h2-7,12-13,20-21H,8-11,14-15H2,1H3,(H,29,31). The number of amides is 2. The lowest BCUT2D eigenvalue weighted by Crippen LogP contribution is -2.32. The molecule has 2 aromatic carbocycles. The smallest absolute Gasteiger partial charge is 0.266 e. The van der Waals surface area contributed by atoms with Crippen LogP contribution in [-0.4, -0.2) is 33.8 Å². The second-order valence-corrected chi connectivity index (χ2v) is 10.4. The summed E-state index contributed by atoms with van der Waals surface area (Å²) in [6.07, 6.45) is 4.15. The van der Waals surface area contributed by atoms with E-state index in [0.717, 1.165) is 41.9 Å². The van der Waals surface area contributed by atoms with Crippen molar-refractivity contribution in [3.05, 3.63) is 80.3 Å². The van der Waals surface area contributed by atoms with Gasteiger partial charge in [-0.2, -0.15) is 0 Å². The molecule has 2 aliphatic rings. The molecule has 34 heavy (non-hydrogen) atoms. The summed E-state index contributed by atoms with van der Waals surface area (Å²) < 4.78 is 5.80. The molecule has 0 aliphatic heterocycles. The average molecular weight is 496 g/mol. The minimum absolute atomic E-state index is 0.00537. The van der Waals surface area contributed by atoms with Crippen LogP contribution in [0.5, 0.6) is 5.75 Å². The lowest BCUT2D eigenvalue weighted by atomic mass is 10.1. The molecule has 2 saturated carbocycles. The van der Waals surface area contributed by atoms with Crippen molar-refractivity contribution in [1.29, 1.82) is 0 Å². The molecule has 2 fully saturated rings. The molecule has 1 aromatic heterocycles. The number of carbonyl (C=O) groups excluding carboxylic acids is 2. The van der Waals surface area contributed by atoms with Crippen LogP contribution < -0.4 is 10.1 Å². The Morgan fingerprint density at radius 2 is 1.79 bits per heavy atom. The van der Waals surface area contributed by atoms with Crippen molar-refractivity contribution in [1.82, 2.24) is 15.2 Å². The van der Waals surface area contributed by atoms with Gasteiger partial charge in [-0.25, -0.2) is 4.98 Å². The van der Waals surface area contributed by atoms with Crippen molar-refractivity contribution in [2.75, 3.05) is 0 Å². The van der Waals surface area contributed by atoms with Gasteiger partial charge >= 0.3 is 0 Å². The van der Waals surface area contributed by atoms with Crippen LogP contribution in [0.4, 0.5) is 0 Å². The Morgan fingerprint density at radius 1 is 1.09 bits per heavy atom. The van der Waals surface area contributed by atoms with Gasteiger partial charge in [-0.05, 0) is 74.6 Å². The summed E-state index contributed by atoms with van der Waals surface area (Å²) >= 11 is 7.31. The zero-order chi connectivity index (χ0) is 23.7. The summed E-state index contributed by atoms with van der Waals surface area (Å²) in [6, 6.07) is 15.3. The van der Waals surface area contributed by atoms with Crippen LogP contribution in [0.15, 0.2) is 48.5 Å². The van der Waals surface area contributed by atoms with Crippen molar-refractivity contribution in [3.8, 4) is 5.75 Å². The first-order chi connectivity index (χ1) is 16.5. The van der Waals surface area contributed by atoms with Gasteiger partial charge in [0.1, 0.15) is 22.2 Å². The Labute approximate surface area is 207 Å². The Hall–Kier alpha value is -2.90. The van der Waals surface area contributed by atoms with Crippen LogP contribution in [-0.2, 0) is 13.2 Å². The molecule has 0 spiro atoms. The molecule has 1 heterocycles. The Balaban J connectivity index is 1.24. The minimum atomic E-state index is -0.0298. The second kappa shape index (κ2) is 9.76. The van der Waals surface area contributed by atoms with Gasteiger partial charge in [-0.3, -0.25) is 9.59 Å². The predicted molar refractivity (Wildman–Crippen MR) is 132 cm³/mol. The van der Waals surface area contributed by atoms with Gasteiger partial charge in [0, 0.05) is 29.2 Å². The summed E-state index contributed by atoms with van der Waals surface area (Å²) in [6.45, 7) is 2.68. The average Bonchev–Trinajstić information content (AvgIpc) is 3.77. The highest BCUT2D eigenvalue weighted by atomic mass is 35.5. The monoisotopic (exact) mass is 495 g/mol. The molecule has 8 heteroatoms. The third-order valence-electron chi connectivity index (χ3n) is 5.94. The third-order valence-corrected chi connectivity index (χ3v) is 7.31. The highest BCUT2D eigenvalue weighted by Gasteiger charge is 2.34. The zero-order valence-electron chi connectivity index (χ0n) is 18.9. The van der Waals surface area contributed by atoms with Crippen molar-refractivity contribution in [2.45, 2.75) is 57.8 Å². The van der Waals surface area contributed by atoms with Crippen LogP contribution in [0, 0.1) is 6.92 Å². The van der Waals surface area contributed by atoms with Gasteiger partial charge in [0.2, 0.25) is 0 Å². The van der Waals surface area contributed by atoms with E-state index in [0.29, 0.717) is 40.4 Å². The number of thiazole rings is 1.